The Hall–Kier alpha value is -1.47. The standard InChI is InChI=1S/C13H16FNO4S/c1-2-11-9(7-8-19-11)13(16)15-10-5-3-4-6-12(10)20(14,17)18/h3-6,9,11H,2,7-8H2,1H3,(H,15,16). The number of carbonyl (C=O) groups is 1. The Balaban J connectivity index is 2.20. The van der Waals surface area contributed by atoms with Crippen molar-refractivity contribution in [2.45, 2.75) is 30.8 Å². The van der Waals surface area contributed by atoms with Crippen LogP contribution in [0.5, 0.6) is 0 Å². The highest BCUT2D eigenvalue weighted by Gasteiger charge is 2.33. The van der Waals surface area contributed by atoms with Crippen molar-refractivity contribution in [3.63, 3.8) is 0 Å². The van der Waals surface area contributed by atoms with E-state index in [2.05, 4.69) is 5.32 Å². The van der Waals surface area contributed by atoms with Gasteiger partial charge in [0.15, 0.2) is 0 Å². The van der Waals surface area contributed by atoms with Crippen molar-refractivity contribution in [3.05, 3.63) is 24.3 Å². The minimum absolute atomic E-state index is 0.0400. The first kappa shape index (κ1) is 14.9. The van der Waals surface area contributed by atoms with Gasteiger partial charge in [-0.3, -0.25) is 4.79 Å². The van der Waals surface area contributed by atoms with E-state index < -0.39 is 15.1 Å². The largest absolute Gasteiger partial charge is 0.377 e. The molecule has 1 aliphatic rings. The summed E-state index contributed by atoms with van der Waals surface area (Å²) in [6.07, 6.45) is 1.10. The molecule has 110 valence electrons. The molecule has 0 radical (unpaired) electrons. The van der Waals surface area contributed by atoms with Gasteiger partial charge in [-0.15, -0.1) is 3.89 Å². The van der Waals surface area contributed by atoms with Crippen LogP contribution in [0.2, 0.25) is 0 Å². The Labute approximate surface area is 117 Å². The second-order valence-corrected chi connectivity index (χ2v) is 5.95. The number of halogens is 1. The molecular formula is C13H16FNO4S. The van der Waals surface area contributed by atoms with E-state index in [1.165, 1.54) is 18.2 Å². The number of nitrogens with one attached hydrogen (secondary N) is 1. The van der Waals surface area contributed by atoms with Crippen LogP contribution in [0.1, 0.15) is 19.8 Å². The van der Waals surface area contributed by atoms with Crippen LogP contribution in [0.3, 0.4) is 0 Å². The molecule has 2 rings (SSSR count). The highest BCUT2D eigenvalue weighted by Crippen LogP contribution is 2.27. The summed E-state index contributed by atoms with van der Waals surface area (Å²) in [6.45, 7) is 2.41. The van der Waals surface area contributed by atoms with Gasteiger partial charge < -0.3 is 10.1 Å². The normalized spacial score (nSPS) is 22.7. The molecule has 1 amide bonds. The van der Waals surface area contributed by atoms with E-state index >= 15 is 0 Å². The van der Waals surface area contributed by atoms with Crippen molar-refractivity contribution in [2.24, 2.45) is 5.92 Å². The van der Waals surface area contributed by atoms with Crippen LogP contribution in [0, 0.1) is 5.92 Å². The maximum atomic E-state index is 13.1. The molecule has 2 atom stereocenters. The number of hydrogen-bond acceptors (Lipinski definition) is 4. The number of rotatable bonds is 4. The van der Waals surface area contributed by atoms with E-state index in [4.69, 9.17) is 4.74 Å². The summed E-state index contributed by atoms with van der Waals surface area (Å²) in [5.74, 6) is -0.680. The summed E-state index contributed by atoms with van der Waals surface area (Å²) in [5, 5.41) is 2.49. The molecule has 1 N–H and O–H groups in total. The van der Waals surface area contributed by atoms with Crippen molar-refractivity contribution < 1.29 is 21.8 Å². The summed E-state index contributed by atoms with van der Waals surface area (Å²) < 4.78 is 40.6. The monoisotopic (exact) mass is 301 g/mol. The molecule has 5 nitrogen and oxygen atoms in total. The minimum Gasteiger partial charge on any atom is -0.377 e. The maximum absolute atomic E-state index is 13.1. The molecule has 0 aromatic heterocycles. The number of benzene rings is 1. The summed E-state index contributed by atoms with van der Waals surface area (Å²) in [5.41, 5.74) is -0.0400. The van der Waals surface area contributed by atoms with Gasteiger partial charge in [0.05, 0.1) is 17.7 Å². The summed E-state index contributed by atoms with van der Waals surface area (Å²) in [7, 11) is -4.87. The van der Waals surface area contributed by atoms with E-state index in [1.807, 2.05) is 6.92 Å². The molecule has 1 heterocycles. The first-order valence-electron chi connectivity index (χ1n) is 6.39. The van der Waals surface area contributed by atoms with E-state index in [0.29, 0.717) is 19.4 Å². The zero-order valence-electron chi connectivity index (χ0n) is 11.0. The van der Waals surface area contributed by atoms with Crippen molar-refractivity contribution in [2.75, 3.05) is 11.9 Å². The molecular weight excluding hydrogens is 285 g/mol. The van der Waals surface area contributed by atoms with Crippen LogP contribution in [-0.2, 0) is 19.8 Å². The molecule has 0 saturated carbocycles. The number of para-hydroxylation sites is 1. The summed E-state index contributed by atoms with van der Waals surface area (Å²) >= 11 is 0. The fourth-order valence-electron chi connectivity index (χ4n) is 2.36. The molecule has 0 spiro atoms. The lowest BCUT2D eigenvalue weighted by atomic mass is 9.98. The van der Waals surface area contributed by atoms with Crippen LogP contribution in [0.15, 0.2) is 29.2 Å². The number of ether oxygens (including phenoxy) is 1. The molecule has 2 unspecified atom stereocenters. The predicted octanol–water partition coefficient (Wildman–Crippen LogP) is 2.10. The molecule has 0 aliphatic carbocycles. The molecule has 1 aromatic carbocycles. The predicted molar refractivity (Wildman–Crippen MR) is 71.5 cm³/mol. The average Bonchev–Trinajstić information content (AvgIpc) is 2.86. The molecule has 0 bridgehead atoms. The molecule has 20 heavy (non-hydrogen) atoms. The molecule has 1 fully saturated rings. The highest BCUT2D eigenvalue weighted by atomic mass is 32.3. The fraction of sp³-hybridized carbons (Fsp3) is 0.462. The van der Waals surface area contributed by atoms with Crippen molar-refractivity contribution in [1.82, 2.24) is 0 Å². The SMILES string of the molecule is CCC1OCCC1C(=O)Nc1ccccc1S(=O)(=O)F. The first-order chi connectivity index (χ1) is 9.43. The van der Waals surface area contributed by atoms with Crippen LogP contribution in [0.4, 0.5) is 9.57 Å². The van der Waals surface area contributed by atoms with E-state index in [9.17, 15) is 17.1 Å². The van der Waals surface area contributed by atoms with Crippen molar-refractivity contribution >= 4 is 21.8 Å². The van der Waals surface area contributed by atoms with Crippen LogP contribution in [-0.4, -0.2) is 27.0 Å². The van der Waals surface area contributed by atoms with Crippen molar-refractivity contribution in [3.8, 4) is 0 Å². The molecule has 7 heteroatoms. The van der Waals surface area contributed by atoms with Gasteiger partial charge in [-0.25, -0.2) is 0 Å². The van der Waals surface area contributed by atoms with Gasteiger partial charge >= 0.3 is 10.2 Å². The zero-order chi connectivity index (χ0) is 14.8. The van der Waals surface area contributed by atoms with Gasteiger partial charge in [0.1, 0.15) is 4.90 Å². The molecule has 1 aromatic rings. The summed E-state index contributed by atoms with van der Waals surface area (Å²) in [4.78, 5) is 11.6. The van der Waals surface area contributed by atoms with E-state index in [0.717, 1.165) is 6.07 Å². The van der Waals surface area contributed by atoms with E-state index in [-0.39, 0.29) is 23.6 Å². The summed E-state index contributed by atoms with van der Waals surface area (Å²) in [6, 6.07) is 5.41. The number of anilines is 1. The Morgan fingerprint density at radius 2 is 2.15 bits per heavy atom. The van der Waals surface area contributed by atoms with Gasteiger partial charge in [0.25, 0.3) is 0 Å². The first-order valence-corrected chi connectivity index (χ1v) is 7.78. The second kappa shape index (κ2) is 5.88. The quantitative estimate of drug-likeness (QED) is 0.864. The lowest BCUT2D eigenvalue weighted by Crippen LogP contribution is -2.29. The number of amides is 1. The van der Waals surface area contributed by atoms with Gasteiger partial charge in [-0.1, -0.05) is 19.1 Å². The maximum Gasteiger partial charge on any atom is 0.334 e. The van der Waals surface area contributed by atoms with Gasteiger partial charge in [-0.05, 0) is 25.0 Å². The minimum atomic E-state index is -4.87. The third-order valence-electron chi connectivity index (χ3n) is 3.36. The molecule has 1 saturated heterocycles. The third-order valence-corrected chi connectivity index (χ3v) is 4.24. The average molecular weight is 301 g/mol. The Morgan fingerprint density at radius 1 is 1.45 bits per heavy atom. The Morgan fingerprint density at radius 3 is 2.80 bits per heavy atom. The van der Waals surface area contributed by atoms with Gasteiger partial charge in [-0.2, -0.15) is 8.42 Å². The number of carbonyl (C=O) groups excluding carboxylic acids is 1. The zero-order valence-corrected chi connectivity index (χ0v) is 11.8. The van der Waals surface area contributed by atoms with Crippen LogP contribution >= 0.6 is 0 Å². The Kier molecular flexibility index (Phi) is 4.39. The lowest BCUT2D eigenvalue weighted by Gasteiger charge is -2.17. The van der Waals surface area contributed by atoms with Gasteiger partial charge in [0, 0.05) is 6.61 Å². The van der Waals surface area contributed by atoms with Crippen LogP contribution in [0.25, 0.3) is 0 Å². The molecule has 1 aliphatic heterocycles. The second-order valence-electron chi connectivity index (χ2n) is 4.64. The smallest absolute Gasteiger partial charge is 0.334 e. The van der Waals surface area contributed by atoms with Crippen LogP contribution < -0.4 is 5.32 Å². The van der Waals surface area contributed by atoms with Gasteiger partial charge in [0.2, 0.25) is 5.91 Å². The number of hydrogen-bond donors (Lipinski definition) is 1. The highest BCUT2D eigenvalue weighted by molar-refractivity contribution is 7.86. The Bertz CT molecular complexity index is 602. The van der Waals surface area contributed by atoms with E-state index in [1.54, 1.807) is 0 Å². The third kappa shape index (κ3) is 3.16. The fourth-order valence-corrected chi connectivity index (χ4v) is 2.98. The van der Waals surface area contributed by atoms with Crippen molar-refractivity contribution in [1.29, 1.82) is 0 Å². The lowest BCUT2D eigenvalue weighted by molar-refractivity contribution is -0.121. The topological polar surface area (TPSA) is 72.5 Å².